The summed E-state index contributed by atoms with van der Waals surface area (Å²) in [5.41, 5.74) is 0.979. The van der Waals surface area contributed by atoms with E-state index >= 15 is 0 Å². The Labute approximate surface area is 150 Å². The van der Waals surface area contributed by atoms with Crippen LogP contribution >= 0.6 is 0 Å². The summed E-state index contributed by atoms with van der Waals surface area (Å²) in [7, 11) is 3.10. The fraction of sp³-hybridized carbons (Fsp3) is 0.650. The monoisotopic (exact) mass is 350 g/mol. The number of esters is 1. The lowest BCUT2D eigenvalue weighted by atomic mass is 9.60. The van der Waals surface area contributed by atoms with E-state index in [0.29, 0.717) is 13.2 Å². The SMILES string of the molecule is COC(=O)C(C)(C)C(C)(CCC1OCCO1)c1ccc(OC)c(C)c1. The van der Waals surface area contributed by atoms with Crippen molar-refractivity contribution in [1.82, 2.24) is 0 Å². The molecule has 5 nitrogen and oxygen atoms in total. The average molecular weight is 350 g/mol. The normalized spacial score (nSPS) is 18.0. The smallest absolute Gasteiger partial charge is 0.312 e. The van der Waals surface area contributed by atoms with E-state index in [9.17, 15) is 4.79 Å². The highest BCUT2D eigenvalue weighted by Crippen LogP contribution is 2.47. The van der Waals surface area contributed by atoms with E-state index in [1.165, 1.54) is 7.11 Å². The molecule has 0 radical (unpaired) electrons. The van der Waals surface area contributed by atoms with Crippen molar-refractivity contribution in [2.45, 2.75) is 52.2 Å². The first-order valence-corrected chi connectivity index (χ1v) is 8.73. The first kappa shape index (κ1) is 19.7. The molecule has 1 saturated heterocycles. The molecule has 0 spiro atoms. The number of ether oxygens (including phenoxy) is 4. The largest absolute Gasteiger partial charge is 0.496 e. The maximum atomic E-state index is 12.5. The van der Waals surface area contributed by atoms with E-state index in [2.05, 4.69) is 13.0 Å². The van der Waals surface area contributed by atoms with E-state index in [0.717, 1.165) is 29.7 Å². The van der Waals surface area contributed by atoms with Gasteiger partial charge in [-0.3, -0.25) is 4.79 Å². The minimum atomic E-state index is -0.707. The number of methoxy groups -OCH3 is 2. The first-order valence-electron chi connectivity index (χ1n) is 8.73. The number of rotatable bonds is 7. The first-order chi connectivity index (χ1) is 11.8. The highest BCUT2D eigenvalue weighted by Gasteiger charge is 2.48. The maximum absolute atomic E-state index is 12.5. The second-order valence-corrected chi connectivity index (χ2v) is 7.34. The molecular weight excluding hydrogens is 320 g/mol. The van der Waals surface area contributed by atoms with Crippen LogP contribution < -0.4 is 4.74 Å². The molecule has 2 rings (SSSR count). The average Bonchev–Trinajstić information content (AvgIpc) is 3.12. The van der Waals surface area contributed by atoms with Crippen LogP contribution in [-0.2, 0) is 24.4 Å². The Morgan fingerprint density at radius 1 is 1.20 bits per heavy atom. The molecule has 0 N–H and O–H groups in total. The van der Waals surface area contributed by atoms with Gasteiger partial charge in [-0.15, -0.1) is 0 Å². The molecule has 0 bridgehead atoms. The third-order valence-electron chi connectivity index (χ3n) is 5.68. The second kappa shape index (κ2) is 7.75. The van der Waals surface area contributed by atoms with Crippen LogP contribution in [0.15, 0.2) is 18.2 Å². The van der Waals surface area contributed by atoms with E-state index in [4.69, 9.17) is 18.9 Å². The maximum Gasteiger partial charge on any atom is 0.312 e. The van der Waals surface area contributed by atoms with Crippen molar-refractivity contribution in [1.29, 1.82) is 0 Å². The number of carbonyl (C=O) groups excluding carboxylic acids is 1. The molecule has 0 aromatic heterocycles. The van der Waals surface area contributed by atoms with Gasteiger partial charge in [0.1, 0.15) is 5.75 Å². The third kappa shape index (κ3) is 3.82. The third-order valence-corrected chi connectivity index (χ3v) is 5.68. The van der Waals surface area contributed by atoms with Crippen LogP contribution in [0.5, 0.6) is 5.75 Å². The Hall–Kier alpha value is -1.59. The quantitative estimate of drug-likeness (QED) is 0.703. The van der Waals surface area contributed by atoms with Crippen molar-refractivity contribution in [3.05, 3.63) is 29.3 Å². The van der Waals surface area contributed by atoms with Gasteiger partial charge >= 0.3 is 5.97 Å². The Morgan fingerprint density at radius 2 is 1.84 bits per heavy atom. The summed E-state index contributed by atoms with van der Waals surface area (Å²) in [5, 5.41) is 0. The summed E-state index contributed by atoms with van der Waals surface area (Å²) in [6.07, 6.45) is 1.26. The van der Waals surface area contributed by atoms with Crippen LogP contribution in [0.4, 0.5) is 0 Å². The van der Waals surface area contributed by atoms with Crippen LogP contribution in [0.1, 0.15) is 44.7 Å². The van der Waals surface area contributed by atoms with E-state index in [1.807, 2.05) is 32.9 Å². The molecule has 25 heavy (non-hydrogen) atoms. The number of aryl methyl sites for hydroxylation is 1. The molecule has 1 fully saturated rings. The molecule has 0 saturated carbocycles. The molecule has 140 valence electrons. The van der Waals surface area contributed by atoms with Crippen molar-refractivity contribution in [2.75, 3.05) is 27.4 Å². The summed E-state index contributed by atoms with van der Waals surface area (Å²) in [6, 6.07) is 6.09. The van der Waals surface area contributed by atoms with E-state index in [1.54, 1.807) is 7.11 Å². The van der Waals surface area contributed by atoms with Gasteiger partial charge in [-0.05, 0) is 50.8 Å². The van der Waals surface area contributed by atoms with E-state index in [-0.39, 0.29) is 12.3 Å². The van der Waals surface area contributed by atoms with Crippen molar-refractivity contribution >= 4 is 5.97 Å². The molecule has 1 unspecified atom stereocenters. The molecule has 5 heteroatoms. The Morgan fingerprint density at radius 3 is 2.36 bits per heavy atom. The van der Waals surface area contributed by atoms with Crippen LogP contribution in [0, 0.1) is 12.3 Å². The van der Waals surface area contributed by atoms with Crippen LogP contribution in [0.3, 0.4) is 0 Å². The predicted octanol–water partition coefficient (Wildman–Crippen LogP) is 3.61. The van der Waals surface area contributed by atoms with Gasteiger partial charge in [0.2, 0.25) is 0 Å². The molecule has 1 heterocycles. The molecule has 1 aliphatic rings. The zero-order chi connectivity index (χ0) is 18.7. The van der Waals surface area contributed by atoms with Gasteiger partial charge in [0.25, 0.3) is 0 Å². The topological polar surface area (TPSA) is 54.0 Å². The summed E-state index contributed by atoms with van der Waals surface area (Å²) in [4.78, 5) is 12.5. The molecule has 0 amide bonds. The summed E-state index contributed by atoms with van der Waals surface area (Å²) >= 11 is 0. The molecule has 1 aliphatic heterocycles. The van der Waals surface area contributed by atoms with Crippen molar-refractivity contribution in [3.63, 3.8) is 0 Å². The fourth-order valence-electron chi connectivity index (χ4n) is 3.50. The summed E-state index contributed by atoms with van der Waals surface area (Å²) in [5.74, 6) is 0.612. The van der Waals surface area contributed by atoms with Gasteiger partial charge < -0.3 is 18.9 Å². The summed E-state index contributed by atoms with van der Waals surface area (Å²) < 4.78 is 21.7. The minimum Gasteiger partial charge on any atom is -0.496 e. The van der Waals surface area contributed by atoms with Crippen molar-refractivity contribution < 1.29 is 23.7 Å². The molecule has 1 atom stereocenters. The number of benzene rings is 1. The summed E-state index contributed by atoms with van der Waals surface area (Å²) in [6.45, 7) is 9.26. The lowest BCUT2D eigenvalue weighted by Crippen LogP contribution is -2.46. The number of carbonyl (C=O) groups is 1. The Balaban J connectivity index is 2.39. The van der Waals surface area contributed by atoms with Gasteiger partial charge in [0, 0.05) is 5.41 Å². The number of hydrogen-bond acceptors (Lipinski definition) is 5. The molecule has 1 aromatic carbocycles. The van der Waals surface area contributed by atoms with Crippen molar-refractivity contribution in [3.8, 4) is 5.75 Å². The standard InChI is InChI=1S/C20H30O5/c1-14-13-15(7-8-16(14)22-5)20(4,19(2,3)18(21)23-6)10-9-17-24-11-12-25-17/h7-8,13,17H,9-12H2,1-6H3. The fourth-order valence-corrected chi connectivity index (χ4v) is 3.50. The molecular formula is C20H30O5. The van der Waals surface area contributed by atoms with Gasteiger partial charge in [0.15, 0.2) is 6.29 Å². The van der Waals surface area contributed by atoms with E-state index < -0.39 is 10.8 Å². The van der Waals surface area contributed by atoms with Gasteiger partial charge in [-0.1, -0.05) is 19.1 Å². The second-order valence-electron chi connectivity index (χ2n) is 7.34. The zero-order valence-corrected chi connectivity index (χ0v) is 16.2. The van der Waals surface area contributed by atoms with Gasteiger partial charge in [0.05, 0.1) is 32.8 Å². The van der Waals surface area contributed by atoms with Crippen LogP contribution in [-0.4, -0.2) is 39.7 Å². The Bertz CT molecular complexity index is 604. The predicted molar refractivity (Wildman–Crippen MR) is 95.8 cm³/mol. The van der Waals surface area contributed by atoms with Gasteiger partial charge in [-0.25, -0.2) is 0 Å². The highest BCUT2D eigenvalue weighted by molar-refractivity contribution is 5.78. The number of hydrogen-bond donors (Lipinski definition) is 0. The lowest BCUT2D eigenvalue weighted by molar-refractivity contribution is -0.155. The van der Waals surface area contributed by atoms with Crippen molar-refractivity contribution in [2.24, 2.45) is 5.41 Å². The molecule has 0 aliphatic carbocycles. The Kier molecular flexibility index (Phi) is 6.12. The molecule has 1 aromatic rings. The minimum absolute atomic E-state index is 0.202. The zero-order valence-electron chi connectivity index (χ0n) is 16.2. The van der Waals surface area contributed by atoms with Crippen LogP contribution in [0.25, 0.3) is 0 Å². The highest BCUT2D eigenvalue weighted by atomic mass is 16.7. The van der Waals surface area contributed by atoms with Gasteiger partial charge in [-0.2, -0.15) is 0 Å². The lowest BCUT2D eigenvalue weighted by Gasteiger charge is -2.43. The van der Waals surface area contributed by atoms with Crippen LogP contribution in [0.2, 0.25) is 0 Å².